The molecule has 2 aromatic rings. The van der Waals surface area contributed by atoms with Crippen LogP contribution in [0, 0.1) is 11.8 Å². The minimum Gasteiger partial charge on any atom is -0.486 e. The van der Waals surface area contributed by atoms with Crippen LogP contribution >= 0.6 is 0 Å². The quantitative estimate of drug-likeness (QED) is 0.733. The summed E-state index contributed by atoms with van der Waals surface area (Å²) in [4.78, 5) is 0. The summed E-state index contributed by atoms with van der Waals surface area (Å²) in [5.41, 5.74) is 4.86. The normalized spacial score (nSPS) is 26.9. The van der Waals surface area contributed by atoms with Crippen LogP contribution in [0.1, 0.15) is 49.0 Å². The van der Waals surface area contributed by atoms with E-state index in [0.717, 1.165) is 23.0 Å². The minimum absolute atomic E-state index is 0.109. The Labute approximate surface area is 169 Å². The predicted molar refractivity (Wildman–Crippen MR) is 106 cm³/mol. The molecule has 0 spiro atoms. The number of fused-ring (bicyclic) bond motifs is 5. The smallest absolute Gasteiger partial charge is 0.162 e. The van der Waals surface area contributed by atoms with Crippen molar-refractivity contribution < 1.29 is 23.7 Å². The van der Waals surface area contributed by atoms with Gasteiger partial charge in [-0.05, 0) is 84.0 Å². The molecule has 2 atom stereocenters. The van der Waals surface area contributed by atoms with Crippen LogP contribution in [-0.2, 0) is 4.74 Å². The van der Waals surface area contributed by atoms with Gasteiger partial charge in [-0.3, -0.25) is 0 Å². The topological polar surface area (TPSA) is 46.2 Å². The molecule has 0 amide bonds. The Hall–Kier alpha value is -2.40. The second-order valence-corrected chi connectivity index (χ2v) is 8.82. The summed E-state index contributed by atoms with van der Waals surface area (Å²) in [7, 11) is 0. The van der Waals surface area contributed by atoms with E-state index >= 15 is 0 Å². The number of hydrogen-bond donors (Lipinski definition) is 0. The molecule has 5 aliphatic rings. The van der Waals surface area contributed by atoms with E-state index in [1.807, 2.05) is 0 Å². The van der Waals surface area contributed by atoms with E-state index in [-0.39, 0.29) is 12.2 Å². The van der Waals surface area contributed by atoms with Crippen LogP contribution in [0.2, 0.25) is 0 Å². The van der Waals surface area contributed by atoms with Gasteiger partial charge in [0.25, 0.3) is 0 Å². The second-order valence-electron chi connectivity index (χ2n) is 8.82. The zero-order valence-electron chi connectivity index (χ0n) is 16.3. The van der Waals surface area contributed by atoms with Crippen LogP contribution in [0.3, 0.4) is 0 Å². The molecule has 3 heterocycles. The highest BCUT2D eigenvalue weighted by Crippen LogP contribution is 2.58. The van der Waals surface area contributed by atoms with Gasteiger partial charge in [0.2, 0.25) is 0 Å². The highest BCUT2D eigenvalue weighted by atomic mass is 16.6. The first kappa shape index (κ1) is 16.4. The lowest BCUT2D eigenvalue weighted by molar-refractivity contribution is -0.0369. The first-order valence-corrected chi connectivity index (χ1v) is 10.9. The number of ether oxygens (including phenoxy) is 5. The number of hydrogen-bond acceptors (Lipinski definition) is 5. The summed E-state index contributed by atoms with van der Waals surface area (Å²) in [5, 5.41) is 0. The molecule has 0 aromatic heterocycles. The molecule has 150 valence electrons. The predicted octanol–water partition coefficient (Wildman–Crippen LogP) is 4.83. The van der Waals surface area contributed by atoms with Gasteiger partial charge in [-0.15, -0.1) is 0 Å². The Morgan fingerprint density at radius 2 is 0.897 bits per heavy atom. The van der Waals surface area contributed by atoms with Crippen molar-refractivity contribution >= 4 is 0 Å². The Bertz CT molecular complexity index is 912. The maximum Gasteiger partial charge on any atom is 0.162 e. The molecular weight excluding hydrogens is 368 g/mol. The molecule has 2 aliphatic carbocycles. The van der Waals surface area contributed by atoms with Crippen LogP contribution in [0.25, 0.3) is 11.1 Å². The highest BCUT2D eigenvalue weighted by Gasteiger charge is 2.44. The third-order valence-electron chi connectivity index (χ3n) is 6.73. The summed E-state index contributed by atoms with van der Waals surface area (Å²) in [6.45, 7) is 2.38. The molecule has 0 radical (unpaired) electrons. The molecule has 0 N–H and O–H groups in total. The first-order valence-electron chi connectivity index (χ1n) is 10.9. The van der Waals surface area contributed by atoms with Gasteiger partial charge >= 0.3 is 0 Å². The standard InChI is InChI=1S/C24H24O5/c1-2-13(1)23-17-11-21-19(25-5-7-27-21)9-15(17)16-10-20-22(28-8-6-26-20)12-18(16)24(29-23)14-3-4-14/h9-14,23-24H,1-8H2/t23-,24-/m0/s1. The highest BCUT2D eigenvalue weighted by molar-refractivity contribution is 5.78. The van der Waals surface area contributed by atoms with Gasteiger partial charge in [0.1, 0.15) is 26.4 Å². The van der Waals surface area contributed by atoms with Gasteiger partial charge in [0.05, 0.1) is 12.2 Å². The Morgan fingerprint density at radius 1 is 0.517 bits per heavy atom. The lowest BCUT2D eigenvalue weighted by Crippen LogP contribution is -2.17. The Kier molecular flexibility index (Phi) is 3.42. The van der Waals surface area contributed by atoms with E-state index in [9.17, 15) is 0 Å². The van der Waals surface area contributed by atoms with Gasteiger partial charge in [-0.1, -0.05) is 0 Å². The summed E-state index contributed by atoms with van der Waals surface area (Å²) in [6.07, 6.45) is 5.14. The Balaban J connectivity index is 1.48. The van der Waals surface area contributed by atoms with Crippen LogP contribution in [0.4, 0.5) is 0 Å². The zero-order chi connectivity index (χ0) is 18.9. The average molecular weight is 392 g/mol. The average Bonchev–Trinajstić information content (AvgIpc) is 3.65. The maximum atomic E-state index is 6.90. The Morgan fingerprint density at radius 3 is 1.28 bits per heavy atom. The zero-order valence-corrected chi connectivity index (χ0v) is 16.3. The van der Waals surface area contributed by atoms with Crippen molar-refractivity contribution in [1.82, 2.24) is 0 Å². The summed E-state index contributed by atoms with van der Waals surface area (Å²) < 4.78 is 30.6. The molecule has 3 aliphatic heterocycles. The largest absolute Gasteiger partial charge is 0.486 e. The van der Waals surface area contributed by atoms with Gasteiger partial charge in [0.15, 0.2) is 23.0 Å². The minimum atomic E-state index is 0.109. The molecule has 2 fully saturated rings. The number of benzene rings is 2. The van der Waals surface area contributed by atoms with Crippen molar-refractivity contribution in [2.75, 3.05) is 26.4 Å². The summed E-state index contributed by atoms with van der Waals surface area (Å²) >= 11 is 0. The van der Waals surface area contributed by atoms with Gasteiger partial charge < -0.3 is 23.7 Å². The van der Waals surface area contributed by atoms with Gasteiger partial charge in [-0.2, -0.15) is 0 Å². The molecule has 5 heteroatoms. The summed E-state index contributed by atoms with van der Waals surface area (Å²) in [6, 6.07) is 8.66. The maximum absolute atomic E-state index is 6.90. The molecular formula is C24H24O5. The van der Waals surface area contributed by atoms with Gasteiger partial charge in [0, 0.05) is 0 Å². The third-order valence-corrected chi connectivity index (χ3v) is 6.73. The second kappa shape index (κ2) is 6.05. The van der Waals surface area contributed by atoms with E-state index in [2.05, 4.69) is 24.3 Å². The lowest BCUT2D eigenvalue weighted by atomic mass is 9.90. The van der Waals surface area contributed by atoms with Crippen LogP contribution in [-0.4, -0.2) is 26.4 Å². The van der Waals surface area contributed by atoms with E-state index < -0.39 is 0 Å². The molecule has 29 heavy (non-hydrogen) atoms. The molecule has 2 aromatic carbocycles. The fourth-order valence-electron chi connectivity index (χ4n) is 4.98. The van der Waals surface area contributed by atoms with Crippen molar-refractivity contribution in [1.29, 1.82) is 0 Å². The molecule has 2 saturated carbocycles. The molecule has 5 nitrogen and oxygen atoms in total. The van der Waals surface area contributed by atoms with Crippen LogP contribution in [0.5, 0.6) is 23.0 Å². The van der Waals surface area contributed by atoms with Crippen molar-refractivity contribution in [3.8, 4) is 34.1 Å². The summed E-state index contributed by atoms with van der Waals surface area (Å²) in [5.74, 6) is 4.52. The monoisotopic (exact) mass is 392 g/mol. The fourth-order valence-corrected chi connectivity index (χ4v) is 4.98. The lowest BCUT2D eigenvalue weighted by Gasteiger charge is -2.25. The molecule has 0 unspecified atom stereocenters. The molecule has 0 bridgehead atoms. The first-order chi connectivity index (χ1) is 14.3. The molecule has 0 saturated heterocycles. The van der Waals surface area contributed by atoms with Crippen molar-refractivity contribution in [3.05, 3.63) is 35.4 Å². The fraction of sp³-hybridized carbons (Fsp3) is 0.500. The van der Waals surface area contributed by atoms with E-state index in [4.69, 9.17) is 23.7 Å². The van der Waals surface area contributed by atoms with E-state index in [1.54, 1.807) is 0 Å². The van der Waals surface area contributed by atoms with Crippen molar-refractivity contribution in [2.45, 2.75) is 37.9 Å². The molecule has 7 rings (SSSR count). The SMILES string of the molecule is c1c2c(cc3c1-c1cc4c(cc1[C@H](C1CC1)O[C@H]3C1CC1)OCCO4)OCCO2. The van der Waals surface area contributed by atoms with E-state index in [0.29, 0.717) is 38.3 Å². The van der Waals surface area contributed by atoms with Gasteiger partial charge in [-0.25, -0.2) is 0 Å². The van der Waals surface area contributed by atoms with Crippen molar-refractivity contribution in [2.24, 2.45) is 11.8 Å². The van der Waals surface area contributed by atoms with Crippen LogP contribution < -0.4 is 18.9 Å². The third kappa shape index (κ3) is 2.63. The van der Waals surface area contributed by atoms with E-state index in [1.165, 1.54) is 47.9 Å². The van der Waals surface area contributed by atoms with Crippen LogP contribution in [0.15, 0.2) is 24.3 Å². The van der Waals surface area contributed by atoms with Crippen molar-refractivity contribution in [3.63, 3.8) is 0 Å². The number of rotatable bonds is 2.